The quantitative estimate of drug-likeness (QED) is 0.779. The van der Waals surface area contributed by atoms with Gasteiger partial charge in [-0.25, -0.2) is 0 Å². The normalized spacial score (nSPS) is 20.8. The van der Waals surface area contributed by atoms with Crippen molar-refractivity contribution in [3.05, 3.63) is 12.4 Å². The third kappa shape index (κ3) is 3.73. The Kier molecular flexibility index (Phi) is 4.19. The molecule has 1 amide bonds. The summed E-state index contributed by atoms with van der Waals surface area (Å²) in [6.45, 7) is 3.43. The summed E-state index contributed by atoms with van der Waals surface area (Å²) in [5.74, 6) is 0.307. The van der Waals surface area contributed by atoms with E-state index in [1.165, 1.54) is 19.4 Å². The minimum absolute atomic E-state index is 0.133. The Bertz CT molecular complexity index is 403. The van der Waals surface area contributed by atoms with Crippen molar-refractivity contribution in [3.63, 3.8) is 0 Å². The number of anilines is 1. The summed E-state index contributed by atoms with van der Waals surface area (Å²) < 4.78 is 1.55. The molecule has 2 heterocycles. The second-order valence-corrected chi connectivity index (χ2v) is 5.04. The number of carbonyl (C=O) groups is 1. The highest BCUT2D eigenvalue weighted by atomic mass is 16.1. The van der Waals surface area contributed by atoms with Crippen molar-refractivity contribution in [1.82, 2.24) is 14.7 Å². The largest absolute Gasteiger partial charge is 0.382 e. The number of nitrogens with zero attached hydrogens (tertiary/aromatic N) is 3. The van der Waals surface area contributed by atoms with E-state index >= 15 is 0 Å². The number of nitrogens with one attached hydrogen (secondary N) is 1. The Morgan fingerprint density at radius 3 is 3.22 bits per heavy atom. The fourth-order valence-electron chi connectivity index (χ4n) is 2.40. The summed E-state index contributed by atoms with van der Waals surface area (Å²) in [4.78, 5) is 13.1. The number of nitrogens with two attached hydrogens (primary N) is 1. The molecule has 18 heavy (non-hydrogen) atoms. The molecule has 3 N–H and O–H groups in total. The number of primary amides is 1. The van der Waals surface area contributed by atoms with Gasteiger partial charge >= 0.3 is 0 Å². The molecular weight excluding hydrogens is 230 g/mol. The summed E-state index contributed by atoms with van der Waals surface area (Å²) in [5, 5.41) is 7.44. The Morgan fingerprint density at radius 2 is 2.50 bits per heavy atom. The molecule has 1 unspecified atom stereocenters. The molecule has 2 rings (SSSR count). The van der Waals surface area contributed by atoms with Gasteiger partial charge in [0.1, 0.15) is 6.54 Å². The lowest BCUT2D eigenvalue weighted by molar-refractivity contribution is -0.118. The topological polar surface area (TPSA) is 76.2 Å². The number of hydrogen-bond donors (Lipinski definition) is 2. The molecule has 6 heteroatoms. The summed E-state index contributed by atoms with van der Waals surface area (Å²) in [6.07, 6.45) is 6.09. The van der Waals surface area contributed by atoms with Crippen molar-refractivity contribution >= 4 is 11.6 Å². The van der Waals surface area contributed by atoms with Gasteiger partial charge in [-0.15, -0.1) is 0 Å². The van der Waals surface area contributed by atoms with Crippen LogP contribution in [-0.4, -0.2) is 47.3 Å². The van der Waals surface area contributed by atoms with E-state index in [0.717, 1.165) is 18.8 Å². The molecule has 6 nitrogen and oxygen atoms in total. The van der Waals surface area contributed by atoms with Gasteiger partial charge in [0.2, 0.25) is 5.91 Å². The number of carbonyl (C=O) groups excluding carboxylic acids is 1. The lowest BCUT2D eigenvalue weighted by atomic mass is 9.98. The van der Waals surface area contributed by atoms with Crippen LogP contribution < -0.4 is 11.1 Å². The zero-order valence-electron chi connectivity index (χ0n) is 10.8. The third-order valence-corrected chi connectivity index (χ3v) is 3.27. The van der Waals surface area contributed by atoms with Crippen LogP contribution in [-0.2, 0) is 11.3 Å². The molecule has 1 aromatic rings. The molecule has 1 atom stereocenters. The van der Waals surface area contributed by atoms with E-state index in [-0.39, 0.29) is 12.5 Å². The van der Waals surface area contributed by atoms with Crippen molar-refractivity contribution in [1.29, 1.82) is 0 Å². The molecule has 0 saturated carbocycles. The van der Waals surface area contributed by atoms with E-state index in [4.69, 9.17) is 5.73 Å². The van der Waals surface area contributed by atoms with E-state index in [1.54, 1.807) is 10.9 Å². The Labute approximate surface area is 107 Å². The predicted molar refractivity (Wildman–Crippen MR) is 70.1 cm³/mol. The van der Waals surface area contributed by atoms with Crippen molar-refractivity contribution in [3.8, 4) is 0 Å². The molecule has 0 bridgehead atoms. The van der Waals surface area contributed by atoms with E-state index in [1.807, 2.05) is 6.20 Å². The van der Waals surface area contributed by atoms with Crippen molar-refractivity contribution in [2.45, 2.75) is 19.4 Å². The van der Waals surface area contributed by atoms with Gasteiger partial charge in [0.05, 0.1) is 11.9 Å². The second-order valence-electron chi connectivity index (χ2n) is 5.04. The fraction of sp³-hybridized carbons (Fsp3) is 0.667. The highest BCUT2D eigenvalue weighted by Gasteiger charge is 2.16. The number of hydrogen-bond acceptors (Lipinski definition) is 4. The van der Waals surface area contributed by atoms with Gasteiger partial charge < -0.3 is 16.0 Å². The van der Waals surface area contributed by atoms with Gasteiger partial charge in [-0.3, -0.25) is 9.48 Å². The van der Waals surface area contributed by atoms with E-state index < -0.39 is 0 Å². The molecule has 0 spiro atoms. The third-order valence-electron chi connectivity index (χ3n) is 3.27. The first-order chi connectivity index (χ1) is 8.63. The predicted octanol–water partition coefficient (Wildman–Crippen LogP) is 0.122. The SMILES string of the molecule is CN1CCCC(CNc2cnn(CC(N)=O)c2)C1. The monoisotopic (exact) mass is 251 g/mol. The van der Waals surface area contributed by atoms with E-state index in [0.29, 0.717) is 5.92 Å². The van der Waals surface area contributed by atoms with Crippen LogP contribution in [0, 0.1) is 5.92 Å². The molecule has 0 aliphatic carbocycles. The average molecular weight is 251 g/mol. The van der Waals surface area contributed by atoms with Gasteiger partial charge in [0.25, 0.3) is 0 Å². The summed E-state index contributed by atoms with van der Waals surface area (Å²) in [6, 6.07) is 0. The Balaban J connectivity index is 1.79. The summed E-state index contributed by atoms with van der Waals surface area (Å²) >= 11 is 0. The van der Waals surface area contributed by atoms with Crippen LogP contribution in [0.1, 0.15) is 12.8 Å². The van der Waals surface area contributed by atoms with Gasteiger partial charge in [-0.1, -0.05) is 0 Å². The minimum atomic E-state index is -0.376. The number of amides is 1. The zero-order chi connectivity index (χ0) is 13.0. The average Bonchev–Trinajstić information content (AvgIpc) is 2.73. The smallest absolute Gasteiger partial charge is 0.239 e. The Hall–Kier alpha value is -1.56. The van der Waals surface area contributed by atoms with Crippen LogP contribution in [0.3, 0.4) is 0 Å². The lowest BCUT2D eigenvalue weighted by Crippen LogP contribution is -2.35. The van der Waals surface area contributed by atoms with Crippen LogP contribution in [0.15, 0.2) is 12.4 Å². The van der Waals surface area contributed by atoms with Gasteiger partial charge in [0, 0.05) is 19.3 Å². The first-order valence-electron chi connectivity index (χ1n) is 6.36. The number of likely N-dealkylation sites (tertiary alicyclic amines) is 1. The first kappa shape index (κ1) is 12.9. The van der Waals surface area contributed by atoms with Crippen LogP contribution in [0.4, 0.5) is 5.69 Å². The minimum Gasteiger partial charge on any atom is -0.382 e. The van der Waals surface area contributed by atoms with Crippen LogP contribution in [0.5, 0.6) is 0 Å². The molecule has 1 saturated heterocycles. The van der Waals surface area contributed by atoms with Crippen LogP contribution in [0.2, 0.25) is 0 Å². The van der Waals surface area contributed by atoms with Gasteiger partial charge in [0.15, 0.2) is 0 Å². The molecule has 100 valence electrons. The molecule has 1 aliphatic rings. The van der Waals surface area contributed by atoms with Crippen LogP contribution in [0.25, 0.3) is 0 Å². The number of piperidine rings is 1. The summed E-state index contributed by atoms with van der Waals surface area (Å²) in [5.41, 5.74) is 6.06. The maximum atomic E-state index is 10.8. The van der Waals surface area contributed by atoms with Crippen LogP contribution >= 0.6 is 0 Å². The maximum absolute atomic E-state index is 10.8. The first-order valence-corrected chi connectivity index (χ1v) is 6.36. The fourth-order valence-corrected chi connectivity index (χ4v) is 2.40. The lowest BCUT2D eigenvalue weighted by Gasteiger charge is -2.29. The molecule has 1 aliphatic heterocycles. The second kappa shape index (κ2) is 5.86. The number of rotatable bonds is 5. The van der Waals surface area contributed by atoms with E-state index in [9.17, 15) is 4.79 Å². The zero-order valence-corrected chi connectivity index (χ0v) is 10.8. The number of aromatic nitrogens is 2. The highest BCUT2D eigenvalue weighted by Crippen LogP contribution is 2.16. The van der Waals surface area contributed by atoms with Crippen molar-refractivity contribution in [2.75, 3.05) is 32.0 Å². The van der Waals surface area contributed by atoms with Gasteiger partial charge in [-0.2, -0.15) is 5.10 Å². The van der Waals surface area contributed by atoms with Crippen molar-refractivity contribution < 1.29 is 4.79 Å². The molecule has 1 fully saturated rings. The molecule has 0 radical (unpaired) electrons. The highest BCUT2D eigenvalue weighted by molar-refractivity contribution is 5.73. The standard InChI is InChI=1S/C12H21N5O/c1-16-4-2-3-10(7-16)5-14-11-6-15-17(8-11)9-12(13)18/h6,8,10,14H,2-5,7,9H2,1H3,(H2,13,18). The van der Waals surface area contributed by atoms with E-state index in [2.05, 4.69) is 22.4 Å². The maximum Gasteiger partial charge on any atom is 0.239 e. The van der Waals surface area contributed by atoms with Crippen molar-refractivity contribution in [2.24, 2.45) is 11.7 Å². The molecular formula is C12H21N5O. The summed E-state index contributed by atoms with van der Waals surface area (Å²) in [7, 11) is 2.16. The Morgan fingerprint density at radius 1 is 1.67 bits per heavy atom. The van der Waals surface area contributed by atoms with Gasteiger partial charge in [-0.05, 0) is 32.4 Å². The molecule has 1 aromatic heterocycles. The molecule has 0 aromatic carbocycles.